The Hall–Kier alpha value is -2.04. The zero-order valence-corrected chi connectivity index (χ0v) is 15.8. The van der Waals surface area contributed by atoms with Gasteiger partial charge in [-0.3, -0.25) is 9.59 Å². The molecule has 26 heavy (non-hydrogen) atoms. The number of hydrogen-bond acceptors (Lipinski definition) is 3. The summed E-state index contributed by atoms with van der Waals surface area (Å²) in [7, 11) is 1.71. The lowest BCUT2D eigenvalue weighted by molar-refractivity contribution is -0.134. The average Bonchev–Trinajstić information content (AvgIpc) is 2.90. The van der Waals surface area contributed by atoms with E-state index in [9.17, 15) is 9.59 Å². The Morgan fingerprint density at radius 1 is 1.12 bits per heavy atom. The second kappa shape index (κ2) is 9.06. The van der Waals surface area contributed by atoms with Gasteiger partial charge in [-0.05, 0) is 43.2 Å². The van der Waals surface area contributed by atoms with E-state index >= 15 is 0 Å². The zero-order valence-electron chi connectivity index (χ0n) is 15.8. The van der Waals surface area contributed by atoms with Crippen LogP contribution in [0.4, 0.5) is 0 Å². The fraction of sp³-hybridized carbons (Fsp3) is 0.619. The summed E-state index contributed by atoms with van der Waals surface area (Å²) in [5, 5.41) is 0. The van der Waals surface area contributed by atoms with Crippen LogP contribution >= 0.6 is 0 Å². The smallest absolute Gasteiger partial charge is 0.224 e. The summed E-state index contributed by atoms with van der Waals surface area (Å²) in [5.41, 5.74) is 1.25. The molecule has 2 fully saturated rings. The molecule has 2 heterocycles. The second-order valence-electron chi connectivity index (χ2n) is 7.34. The van der Waals surface area contributed by atoms with Gasteiger partial charge in [-0.15, -0.1) is 0 Å². The fourth-order valence-corrected chi connectivity index (χ4v) is 4.11. The van der Waals surface area contributed by atoms with Crippen molar-refractivity contribution >= 4 is 11.8 Å². The van der Waals surface area contributed by atoms with E-state index < -0.39 is 0 Å². The van der Waals surface area contributed by atoms with Gasteiger partial charge in [0.1, 0.15) is 5.75 Å². The summed E-state index contributed by atoms with van der Waals surface area (Å²) in [4.78, 5) is 28.5. The average molecular weight is 358 g/mol. The predicted molar refractivity (Wildman–Crippen MR) is 101 cm³/mol. The first-order valence-electron chi connectivity index (χ1n) is 9.87. The number of ether oxygens (including phenoxy) is 1. The molecule has 142 valence electrons. The van der Waals surface area contributed by atoms with Crippen LogP contribution in [0.15, 0.2) is 24.3 Å². The van der Waals surface area contributed by atoms with Crippen molar-refractivity contribution in [1.82, 2.24) is 9.80 Å². The molecule has 2 aliphatic rings. The number of piperidine rings is 1. The SMILES string of the molecule is COc1ccccc1C1CCN(C(=O)CCN2CCCCCC2=O)CC1. The standard InChI is InChI=1S/C21H30N2O3/c1-26-19-8-5-4-7-18(19)17-10-14-23(15-11-17)21(25)12-16-22-13-6-2-3-9-20(22)24/h4-5,7-8,17H,2-3,6,9-16H2,1H3. The number of para-hydroxylation sites is 1. The van der Waals surface area contributed by atoms with Crippen LogP contribution in [0.25, 0.3) is 0 Å². The van der Waals surface area contributed by atoms with Crippen molar-refractivity contribution in [2.45, 2.75) is 50.9 Å². The summed E-state index contributed by atoms with van der Waals surface area (Å²) in [6.45, 7) is 2.96. The predicted octanol–water partition coefficient (Wildman–Crippen LogP) is 3.19. The quantitative estimate of drug-likeness (QED) is 0.812. The van der Waals surface area contributed by atoms with Gasteiger partial charge in [0, 0.05) is 39.0 Å². The van der Waals surface area contributed by atoms with Gasteiger partial charge in [0.25, 0.3) is 0 Å². The molecule has 0 atom stereocenters. The van der Waals surface area contributed by atoms with Crippen LogP contribution in [-0.2, 0) is 9.59 Å². The molecule has 0 spiro atoms. The van der Waals surface area contributed by atoms with E-state index in [1.54, 1.807) is 7.11 Å². The highest BCUT2D eigenvalue weighted by Gasteiger charge is 2.26. The van der Waals surface area contributed by atoms with Gasteiger partial charge in [-0.2, -0.15) is 0 Å². The molecule has 1 aromatic carbocycles. The molecule has 2 saturated heterocycles. The van der Waals surface area contributed by atoms with Crippen molar-refractivity contribution in [3.8, 4) is 5.75 Å². The largest absolute Gasteiger partial charge is 0.496 e. The van der Waals surface area contributed by atoms with Crippen LogP contribution in [0.1, 0.15) is 56.4 Å². The molecule has 5 nitrogen and oxygen atoms in total. The molecule has 2 aliphatic heterocycles. The molecule has 1 aromatic rings. The van der Waals surface area contributed by atoms with Crippen LogP contribution in [0, 0.1) is 0 Å². The lowest BCUT2D eigenvalue weighted by Crippen LogP contribution is -2.40. The Balaban J connectivity index is 1.48. The maximum Gasteiger partial charge on any atom is 0.224 e. The van der Waals surface area contributed by atoms with Crippen LogP contribution in [0.5, 0.6) is 5.75 Å². The third kappa shape index (κ3) is 4.57. The molecule has 0 aromatic heterocycles. The Bertz CT molecular complexity index is 623. The number of nitrogens with zero attached hydrogens (tertiary/aromatic N) is 2. The molecule has 0 aliphatic carbocycles. The van der Waals surface area contributed by atoms with Crippen LogP contribution in [-0.4, -0.2) is 54.9 Å². The summed E-state index contributed by atoms with van der Waals surface area (Å²) in [5.74, 6) is 1.78. The van der Waals surface area contributed by atoms with Gasteiger partial charge in [0.2, 0.25) is 11.8 Å². The minimum atomic E-state index is 0.181. The molecule has 0 unspecified atom stereocenters. The molecule has 0 radical (unpaired) electrons. The van der Waals surface area contributed by atoms with E-state index in [1.165, 1.54) is 5.56 Å². The van der Waals surface area contributed by atoms with Crippen molar-refractivity contribution in [1.29, 1.82) is 0 Å². The first-order valence-corrected chi connectivity index (χ1v) is 9.87. The number of hydrogen-bond donors (Lipinski definition) is 0. The minimum absolute atomic E-state index is 0.181. The highest BCUT2D eigenvalue weighted by Crippen LogP contribution is 2.34. The number of carbonyl (C=O) groups is 2. The van der Waals surface area contributed by atoms with E-state index in [0.717, 1.165) is 57.5 Å². The van der Waals surface area contributed by atoms with E-state index in [4.69, 9.17) is 4.74 Å². The van der Waals surface area contributed by atoms with Gasteiger partial charge >= 0.3 is 0 Å². The number of carbonyl (C=O) groups excluding carboxylic acids is 2. The van der Waals surface area contributed by atoms with E-state index in [-0.39, 0.29) is 11.8 Å². The monoisotopic (exact) mass is 358 g/mol. The van der Waals surface area contributed by atoms with Crippen molar-refractivity contribution in [3.63, 3.8) is 0 Å². The highest BCUT2D eigenvalue weighted by molar-refractivity contribution is 5.79. The summed E-state index contributed by atoms with van der Waals surface area (Å²) >= 11 is 0. The molecule has 5 heteroatoms. The first-order chi connectivity index (χ1) is 12.7. The van der Waals surface area contributed by atoms with E-state index in [2.05, 4.69) is 6.07 Å². The maximum atomic E-state index is 12.6. The lowest BCUT2D eigenvalue weighted by Gasteiger charge is -2.33. The van der Waals surface area contributed by atoms with Gasteiger partial charge in [0.05, 0.1) is 7.11 Å². The molecule has 0 saturated carbocycles. The minimum Gasteiger partial charge on any atom is -0.496 e. The van der Waals surface area contributed by atoms with Gasteiger partial charge < -0.3 is 14.5 Å². The van der Waals surface area contributed by atoms with Gasteiger partial charge in [0.15, 0.2) is 0 Å². The zero-order chi connectivity index (χ0) is 18.4. The Morgan fingerprint density at radius 2 is 1.88 bits per heavy atom. The van der Waals surface area contributed by atoms with Crippen molar-refractivity contribution < 1.29 is 14.3 Å². The molecular weight excluding hydrogens is 328 g/mol. The molecule has 3 rings (SSSR count). The third-order valence-corrected chi connectivity index (χ3v) is 5.69. The van der Waals surface area contributed by atoms with E-state index in [1.807, 2.05) is 28.0 Å². The molecular formula is C21H30N2O3. The first kappa shape index (κ1) is 18.7. The topological polar surface area (TPSA) is 49.9 Å². The summed E-state index contributed by atoms with van der Waals surface area (Å²) in [6.07, 6.45) is 6.18. The molecule has 2 amide bonds. The Morgan fingerprint density at radius 3 is 2.65 bits per heavy atom. The second-order valence-corrected chi connectivity index (χ2v) is 7.34. The number of likely N-dealkylation sites (tertiary alicyclic amines) is 2. The third-order valence-electron chi connectivity index (χ3n) is 5.69. The molecule has 0 N–H and O–H groups in total. The fourth-order valence-electron chi connectivity index (χ4n) is 4.11. The number of amides is 2. The summed E-state index contributed by atoms with van der Waals surface area (Å²) in [6, 6.07) is 8.18. The number of rotatable bonds is 5. The maximum absolute atomic E-state index is 12.6. The van der Waals surface area contributed by atoms with Gasteiger partial charge in [-0.1, -0.05) is 24.6 Å². The normalized spacial score (nSPS) is 19.3. The molecule has 0 bridgehead atoms. The summed E-state index contributed by atoms with van der Waals surface area (Å²) < 4.78 is 5.48. The number of methoxy groups -OCH3 is 1. The van der Waals surface area contributed by atoms with Crippen molar-refractivity contribution in [2.75, 3.05) is 33.3 Å². The Labute approximate surface area is 156 Å². The number of benzene rings is 1. The van der Waals surface area contributed by atoms with Crippen LogP contribution in [0.3, 0.4) is 0 Å². The highest BCUT2D eigenvalue weighted by atomic mass is 16.5. The van der Waals surface area contributed by atoms with Gasteiger partial charge in [-0.25, -0.2) is 0 Å². The van der Waals surface area contributed by atoms with Crippen molar-refractivity contribution in [2.24, 2.45) is 0 Å². The lowest BCUT2D eigenvalue weighted by atomic mass is 9.88. The van der Waals surface area contributed by atoms with E-state index in [0.29, 0.717) is 25.3 Å². The van der Waals surface area contributed by atoms with Crippen LogP contribution < -0.4 is 4.74 Å². The van der Waals surface area contributed by atoms with Crippen molar-refractivity contribution in [3.05, 3.63) is 29.8 Å². The Kier molecular flexibility index (Phi) is 6.53. The van der Waals surface area contributed by atoms with Crippen LogP contribution in [0.2, 0.25) is 0 Å².